The zero-order valence-corrected chi connectivity index (χ0v) is 15.4. The average molecular weight is 388 g/mol. The van der Waals surface area contributed by atoms with Crippen LogP contribution in [0.3, 0.4) is 0 Å². The van der Waals surface area contributed by atoms with Gasteiger partial charge in [-0.15, -0.1) is 0 Å². The Morgan fingerprint density at radius 1 is 0.893 bits per heavy atom. The van der Waals surface area contributed by atoms with Gasteiger partial charge in [0.2, 0.25) is 0 Å². The summed E-state index contributed by atoms with van der Waals surface area (Å²) in [6, 6.07) is 4.54. The van der Waals surface area contributed by atoms with E-state index in [9.17, 15) is 13.6 Å². The fraction of sp³-hybridized carbons (Fsp3) is 0.421. The first-order valence-electron chi connectivity index (χ1n) is 9.43. The van der Waals surface area contributed by atoms with Crippen LogP contribution in [-0.4, -0.2) is 60.2 Å². The van der Waals surface area contributed by atoms with Crippen molar-refractivity contribution >= 4 is 23.4 Å². The van der Waals surface area contributed by atoms with Gasteiger partial charge in [0, 0.05) is 51.4 Å². The van der Waals surface area contributed by atoms with E-state index in [1.54, 1.807) is 11.2 Å². The molecule has 1 aromatic heterocycles. The van der Waals surface area contributed by atoms with Gasteiger partial charge in [0.1, 0.15) is 29.6 Å². The maximum absolute atomic E-state index is 13.7. The number of rotatable bonds is 3. The minimum atomic E-state index is -0.663. The van der Waals surface area contributed by atoms with Crippen LogP contribution in [0.5, 0.6) is 0 Å². The van der Waals surface area contributed by atoms with Crippen LogP contribution in [-0.2, 0) is 0 Å². The second kappa shape index (κ2) is 7.95. The summed E-state index contributed by atoms with van der Waals surface area (Å²) in [5.41, 5.74) is -0.154. The highest BCUT2D eigenvalue weighted by atomic mass is 19.1. The Balaban J connectivity index is 1.36. The van der Waals surface area contributed by atoms with Crippen LogP contribution in [0.1, 0.15) is 12.8 Å². The molecule has 2 aliphatic heterocycles. The number of carbonyl (C=O) groups is 1. The van der Waals surface area contributed by atoms with Gasteiger partial charge >= 0.3 is 6.03 Å². The van der Waals surface area contributed by atoms with E-state index in [-0.39, 0.29) is 5.69 Å². The third-order valence-electron chi connectivity index (χ3n) is 5.13. The number of anilines is 3. The van der Waals surface area contributed by atoms with Crippen LogP contribution in [0.15, 0.2) is 30.6 Å². The third-order valence-corrected chi connectivity index (χ3v) is 5.13. The molecule has 2 aliphatic rings. The van der Waals surface area contributed by atoms with E-state index in [1.165, 1.54) is 12.8 Å². The molecule has 0 atom stereocenters. The van der Waals surface area contributed by atoms with Crippen LogP contribution in [0, 0.1) is 11.6 Å². The smallest absolute Gasteiger partial charge is 0.322 e. The molecule has 4 rings (SSSR count). The third kappa shape index (κ3) is 3.97. The van der Waals surface area contributed by atoms with E-state index in [0.717, 1.165) is 42.9 Å². The van der Waals surface area contributed by atoms with Gasteiger partial charge < -0.3 is 20.0 Å². The molecule has 0 spiro atoms. The molecule has 0 radical (unpaired) electrons. The molecular weight excluding hydrogens is 366 g/mol. The zero-order valence-electron chi connectivity index (χ0n) is 15.4. The molecule has 0 aliphatic carbocycles. The van der Waals surface area contributed by atoms with Gasteiger partial charge in [-0.3, -0.25) is 0 Å². The predicted octanol–water partition coefficient (Wildman–Crippen LogP) is 2.71. The summed E-state index contributed by atoms with van der Waals surface area (Å²) in [6.07, 6.45) is 3.94. The number of nitrogens with one attached hydrogen (secondary N) is 1. The highest BCUT2D eigenvalue weighted by Gasteiger charge is 2.24. The Morgan fingerprint density at radius 3 is 2.21 bits per heavy atom. The average Bonchev–Trinajstić information content (AvgIpc) is 3.26. The Morgan fingerprint density at radius 2 is 1.54 bits per heavy atom. The Hall–Kier alpha value is -2.97. The highest BCUT2D eigenvalue weighted by Crippen LogP contribution is 2.22. The van der Waals surface area contributed by atoms with Crippen molar-refractivity contribution in [3.05, 3.63) is 42.2 Å². The Bertz CT molecular complexity index is 850. The summed E-state index contributed by atoms with van der Waals surface area (Å²) in [6.45, 7) is 4.17. The van der Waals surface area contributed by atoms with Crippen LogP contribution in [0.2, 0.25) is 0 Å². The molecule has 0 saturated carbocycles. The van der Waals surface area contributed by atoms with Crippen LogP contribution in [0.4, 0.5) is 30.9 Å². The first kappa shape index (κ1) is 18.4. The van der Waals surface area contributed by atoms with Crippen molar-refractivity contribution in [3.63, 3.8) is 0 Å². The summed E-state index contributed by atoms with van der Waals surface area (Å²) in [4.78, 5) is 27.1. The lowest BCUT2D eigenvalue weighted by Crippen LogP contribution is -2.50. The lowest BCUT2D eigenvalue weighted by molar-refractivity contribution is 0.208. The summed E-state index contributed by atoms with van der Waals surface area (Å²) in [5.74, 6) is 0.514. The van der Waals surface area contributed by atoms with E-state index in [2.05, 4.69) is 25.1 Å². The molecule has 2 saturated heterocycles. The number of hydrogen-bond donors (Lipinski definition) is 1. The zero-order chi connectivity index (χ0) is 19.5. The first-order valence-corrected chi connectivity index (χ1v) is 9.43. The van der Waals surface area contributed by atoms with Crippen molar-refractivity contribution in [3.8, 4) is 0 Å². The molecule has 2 aromatic rings. The lowest BCUT2D eigenvalue weighted by Gasteiger charge is -2.35. The normalized spacial score (nSPS) is 17.1. The molecule has 3 heterocycles. The van der Waals surface area contributed by atoms with Crippen LogP contribution in [0.25, 0.3) is 0 Å². The van der Waals surface area contributed by atoms with E-state index in [0.29, 0.717) is 26.2 Å². The molecule has 0 unspecified atom stereocenters. The number of benzene rings is 1. The summed E-state index contributed by atoms with van der Waals surface area (Å²) >= 11 is 0. The number of hydrogen-bond acceptors (Lipinski definition) is 5. The number of amides is 2. The van der Waals surface area contributed by atoms with Gasteiger partial charge in [0.05, 0.1) is 5.69 Å². The van der Waals surface area contributed by atoms with Gasteiger partial charge in [-0.05, 0) is 25.0 Å². The van der Waals surface area contributed by atoms with Crippen LogP contribution >= 0.6 is 0 Å². The quantitative estimate of drug-likeness (QED) is 0.876. The second-order valence-electron chi connectivity index (χ2n) is 6.96. The standard InChI is InChI=1S/C19H22F2N6O/c20-14-3-4-15(21)16(11-14)24-19(28)27-9-7-26(8-10-27)18-12-17(22-13-23-18)25-5-1-2-6-25/h3-4,11-13H,1-2,5-10H2,(H,24,28). The second-order valence-corrected chi connectivity index (χ2v) is 6.96. The molecule has 2 amide bonds. The molecular formula is C19H22F2N6O. The molecule has 2 fully saturated rings. The molecule has 148 valence electrons. The number of halogens is 2. The summed E-state index contributed by atoms with van der Waals surface area (Å²) in [5, 5.41) is 2.44. The van der Waals surface area contributed by atoms with Crippen molar-refractivity contribution in [2.75, 3.05) is 54.4 Å². The first-order chi connectivity index (χ1) is 13.6. The van der Waals surface area contributed by atoms with Gasteiger partial charge in [0.25, 0.3) is 0 Å². The monoisotopic (exact) mass is 388 g/mol. The fourth-order valence-corrected chi connectivity index (χ4v) is 3.56. The molecule has 1 N–H and O–H groups in total. The lowest BCUT2D eigenvalue weighted by atomic mass is 10.3. The topological polar surface area (TPSA) is 64.6 Å². The van der Waals surface area contributed by atoms with Gasteiger partial charge in [-0.1, -0.05) is 0 Å². The van der Waals surface area contributed by atoms with Crippen molar-refractivity contribution in [1.29, 1.82) is 0 Å². The summed E-state index contributed by atoms with van der Waals surface area (Å²) in [7, 11) is 0. The minimum Gasteiger partial charge on any atom is -0.356 e. The van der Waals surface area contributed by atoms with Crippen molar-refractivity contribution < 1.29 is 13.6 Å². The van der Waals surface area contributed by atoms with Crippen molar-refractivity contribution in [1.82, 2.24) is 14.9 Å². The van der Waals surface area contributed by atoms with Gasteiger partial charge in [-0.2, -0.15) is 0 Å². The molecule has 0 bridgehead atoms. The maximum Gasteiger partial charge on any atom is 0.322 e. The predicted molar refractivity (Wildman–Crippen MR) is 103 cm³/mol. The van der Waals surface area contributed by atoms with E-state index in [1.807, 2.05) is 6.07 Å². The Labute approximate surface area is 162 Å². The highest BCUT2D eigenvalue weighted by molar-refractivity contribution is 5.89. The number of urea groups is 1. The summed E-state index contributed by atoms with van der Waals surface area (Å²) < 4.78 is 27.0. The number of aromatic nitrogens is 2. The molecule has 28 heavy (non-hydrogen) atoms. The van der Waals surface area contributed by atoms with Crippen LogP contribution < -0.4 is 15.1 Å². The van der Waals surface area contributed by atoms with Gasteiger partial charge in [-0.25, -0.2) is 23.5 Å². The molecule has 1 aromatic carbocycles. The van der Waals surface area contributed by atoms with Crippen molar-refractivity contribution in [2.45, 2.75) is 12.8 Å². The van der Waals surface area contributed by atoms with E-state index < -0.39 is 17.7 Å². The van der Waals surface area contributed by atoms with E-state index >= 15 is 0 Å². The number of carbonyl (C=O) groups excluding carboxylic acids is 1. The maximum atomic E-state index is 13.7. The SMILES string of the molecule is O=C(Nc1cc(F)ccc1F)N1CCN(c2cc(N3CCCC3)ncn2)CC1. The van der Waals surface area contributed by atoms with Crippen molar-refractivity contribution in [2.24, 2.45) is 0 Å². The van der Waals surface area contributed by atoms with Gasteiger partial charge in [0.15, 0.2) is 0 Å². The largest absolute Gasteiger partial charge is 0.356 e. The number of piperazine rings is 1. The minimum absolute atomic E-state index is 0.154. The fourth-order valence-electron chi connectivity index (χ4n) is 3.56. The molecule has 7 nitrogen and oxygen atoms in total. The molecule has 9 heteroatoms. The Kier molecular flexibility index (Phi) is 5.23. The van der Waals surface area contributed by atoms with E-state index in [4.69, 9.17) is 0 Å². The number of nitrogens with zero attached hydrogens (tertiary/aromatic N) is 5.